The lowest BCUT2D eigenvalue weighted by Gasteiger charge is -2.30. The van der Waals surface area contributed by atoms with Crippen molar-refractivity contribution in [2.45, 2.75) is 17.7 Å². The van der Waals surface area contributed by atoms with Crippen LogP contribution in [0, 0.1) is 5.92 Å². The molecule has 4 rings (SSSR count). The second-order valence-corrected chi connectivity index (χ2v) is 9.03. The van der Waals surface area contributed by atoms with Crippen LogP contribution in [0.5, 0.6) is 0 Å². The fraction of sp³-hybridized carbons (Fsp3) is 0.300. The molecule has 28 heavy (non-hydrogen) atoms. The highest BCUT2D eigenvalue weighted by atomic mass is 32.2. The summed E-state index contributed by atoms with van der Waals surface area (Å²) in [5.41, 5.74) is 2.18. The number of aromatic nitrogens is 1. The van der Waals surface area contributed by atoms with Crippen molar-refractivity contribution in [1.82, 2.24) is 4.98 Å². The second kappa shape index (κ2) is 7.27. The first-order chi connectivity index (χ1) is 13.4. The van der Waals surface area contributed by atoms with Gasteiger partial charge in [-0.05, 0) is 49.2 Å². The van der Waals surface area contributed by atoms with Gasteiger partial charge in [-0.2, -0.15) is 4.98 Å². The van der Waals surface area contributed by atoms with Crippen molar-refractivity contribution in [1.29, 1.82) is 0 Å². The van der Waals surface area contributed by atoms with Crippen molar-refractivity contribution < 1.29 is 17.6 Å². The number of piperidine rings is 1. The number of para-hydroxylation sites is 2. The maximum atomic E-state index is 12.5. The van der Waals surface area contributed by atoms with Crippen molar-refractivity contribution in [3.63, 3.8) is 0 Å². The number of benzene rings is 2. The average molecular weight is 399 g/mol. The Labute approximate surface area is 163 Å². The van der Waals surface area contributed by atoms with E-state index in [1.54, 1.807) is 12.1 Å². The van der Waals surface area contributed by atoms with Crippen LogP contribution >= 0.6 is 0 Å². The number of amides is 1. The van der Waals surface area contributed by atoms with E-state index in [4.69, 9.17) is 4.42 Å². The molecule has 1 aromatic heterocycles. The molecule has 2 aromatic carbocycles. The number of anilines is 2. The summed E-state index contributed by atoms with van der Waals surface area (Å²) < 4.78 is 28.8. The molecule has 1 amide bonds. The number of nitrogens with zero attached hydrogens (tertiary/aromatic N) is 2. The normalized spacial score (nSPS) is 15.7. The summed E-state index contributed by atoms with van der Waals surface area (Å²) >= 11 is 0. The van der Waals surface area contributed by atoms with Crippen LogP contribution < -0.4 is 10.2 Å². The van der Waals surface area contributed by atoms with Gasteiger partial charge in [0.25, 0.3) is 6.01 Å². The van der Waals surface area contributed by atoms with Crippen LogP contribution in [-0.2, 0) is 14.6 Å². The van der Waals surface area contributed by atoms with Crippen molar-refractivity contribution in [3.05, 3.63) is 48.5 Å². The Hall–Kier alpha value is -2.87. The molecular formula is C20H21N3O4S. The number of carbonyl (C=O) groups is 1. The number of rotatable bonds is 4. The fourth-order valence-electron chi connectivity index (χ4n) is 3.36. The number of hydrogen-bond acceptors (Lipinski definition) is 6. The van der Waals surface area contributed by atoms with Gasteiger partial charge < -0.3 is 14.6 Å². The van der Waals surface area contributed by atoms with Crippen LogP contribution in [0.4, 0.5) is 11.7 Å². The molecule has 1 saturated heterocycles. The summed E-state index contributed by atoms with van der Waals surface area (Å²) in [7, 11) is -3.24. The highest BCUT2D eigenvalue weighted by Crippen LogP contribution is 2.27. The number of carbonyl (C=O) groups excluding carboxylic acids is 1. The van der Waals surface area contributed by atoms with Crippen LogP contribution in [0.25, 0.3) is 11.1 Å². The van der Waals surface area contributed by atoms with Crippen molar-refractivity contribution >= 4 is 38.5 Å². The summed E-state index contributed by atoms with van der Waals surface area (Å²) in [6, 6.07) is 14.5. The van der Waals surface area contributed by atoms with Gasteiger partial charge in [0.2, 0.25) is 5.91 Å². The molecule has 0 unspecified atom stereocenters. The molecule has 146 valence electrons. The van der Waals surface area contributed by atoms with Crippen LogP contribution in [0.1, 0.15) is 12.8 Å². The van der Waals surface area contributed by atoms with Crippen molar-refractivity contribution in [2.75, 3.05) is 29.6 Å². The van der Waals surface area contributed by atoms with Gasteiger partial charge in [0.15, 0.2) is 15.4 Å². The van der Waals surface area contributed by atoms with E-state index in [1.165, 1.54) is 12.1 Å². The number of oxazole rings is 1. The Morgan fingerprint density at radius 1 is 1.11 bits per heavy atom. The number of nitrogens with one attached hydrogen (secondary N) is 1. The van der Waals surface area contributed by atoms with Crippen LogP contribution in [0.3, 0.4) is 0 Å². The van der Waals surface area contributed by atoms with E-state index in [1.807, 2.05) is 24.3 Å². The highest BCUT2D eigenvalue weighted by molar-refractivity contribution is 7.90. The van der Waals surface area contributed by atoms with Gasteiger partial charge in [0, 0.05) is 31.0 Å². The molecule has 0 bridgehead atoms. The Bertz CT molecular complexity index is 1060. The summed E-state index contributed by atoms with van der Waals surface area (Å²) in [4.78, 5) is 19.4. The molecule has 2 heterocycles. The summed E-state index contributed by atoms with van der Waals surface area (Å²) in [6.07, 6.45) is 2.56. The van der Waals surface area contributed by atoms with Crippen LogP contribution in [-0.4, -0.2) is 38.7 Å². The molecule has 3 aromatic rings. The minimum absolute atomic E-state index is 0.0516. The zero-order valence-electron chi connectivity index (χ0n) is 15.5. The van der Waals surface area contributed by atoms with E-state index in [2.05, 4.69) is 15.2 Å². The summed E-state index contributed by atoms with van der Waals surface area (Å²) in [5, 5.41) is 2.88. The molecule has 1 fully saturated rings. The molecular weight excluding hydrogens is 378 g/mol. The topological polar surface area (TPSA) is 92.5 Å². The van der Waals surface area contributed by atoms with E-state index < -0.39 is 9.84 Å². The Morgan fingerprint density at radius 3 is 2.43 bits per heavy atom. The first-order valence-electron chi connectivity index (χ1n) is 9.12. The molecule has 1 aliphatic rings. The van der Waals surface area contributed by atoms with Crippen LogP contribution in [0.15, 0.2) is 57.8 Å². The number of fused-ring (bicyclic) bond motifs is 1. The zero-order valence-corrected chi connectivity index (χ0v) is 16.3. The van der Waals surface area contributed by atoms with Gasteiger partial charge in [-0.1, -0.05) is 12.1 Å². The van der Waals surface area contributed by atoms with Gasteiger partial charge in [-0.15, -0.1) is 0 Å². The van der Waals surface area contributed by atoms with Crippen molar-refractivity contribution in [2.24, 2.45) is 5.92 Å². The lowest BCUT2D eigenvalue weighted by atomic mass is 9.96. The van der Waals surface area contributed by atoms with Crippen LogP contribution in [0.2, 0.25) is 0 Å². The molecule has 8 heteroatoms. The highest BCUT2D eigenvalue weighted by Gasteiger charge is 2.27. The number of hydrogen-bond donors (Lipinski definition) is 1. The molecule has 1 N–H and O–H groups in total. The third-order valence-electron chi connectivity index (χ3n) is 4.97. The van der Waals surface area contributed by atoms with Gasteiger partial charge in [-0.3, -0.25) is 4.79 Å². The standard InChI is InChI=1S/C20H21N3O4S/c1-28(25,26)16-8-6-15(7-9-16)21-19(24)14-10-12-23(13-11-14)20-22-17-4-2-3-5-18(17)27-20/h2-9,14H,10-13H2,1H3,(H,21,24). The van der Waals surface area contributed by atoms with E-state index >= 15 is 0 Å². The average Bonchev–Trinajstić information content (AvgIpc) is 3.12. The largest absolute Gasteiger partial charge is 0.423 e. The SMILES string of the molecule is CS(=O)(=O)c1ccc(NC(=O)C2CCN(c3nc4ccccc4o3)CC2)cc1. The summed E-state index contributed by atoms with van der Waals surface area (Å²) in [5.74, 6) is -0.153. The minimum atomic E-state index is -3.24. The first-order valence-corrected chi connectivity index (χ1v) is 11.0. The quantitative estimate of drug-likeness (QED) is 0.725. The molecule has 0 aliphatic carbocycles. The first kappa shape index (κ1) is 18.5. The van der Waals surface area contributed by atoms with E-state index in [-0.39, 0.29) is 16.7 Å². The maximum Gasteiger partial charge on any atom is 0.298 e. The smallest absolute Gasteiger partial charge is 0.298 e. The maximum absolute atomic E-state index is 12.5. The van der Waals surface area contributed by atoms with E-state index in [0.717, 1.165) is 17.4 Å². The Balaban J connectivity index is 1.36. The Morgan fingerprint density at radius 2 is 1.79 bits per heavy atom. The monoisotopic (exact) mass is 399 g/mol. The molecule has 0 radical (unpaired) electrons. The zero-order chi connectivity index (χ0) is 19.7. The van der Waals surface area contributed by atoms with Crippen molar-refractivity contribution in [3.8, 4) is 0 Å². The molecule has 7 nitrogen and oxygen atoms in total. The van der Waals surface area contributed by atoms with Gasteiger partial charge in [0.1, 0.15) is 5.52 Å². The minimum Gasteiger partial charge on any atom is -0.423 e. The molecule has 0 spiro atoms. The second-order valence-electron chi connectivity index (χ2n) is 7.01. The molecule has 0 saturated carbocycles. The predicted octanol–water partition coefficient (Wildman–Crippen LogP) is 3.09. The van der Waals surface area contributed by atoms with E-state index in [0.29, 0.717) is 37.6 Å². The molecule has 0 atom stereocenters. The fourth-order valence-corrected chi connectivity index (χ4v) is 3.99. The third-order valence-corrected chi connectivity index (χ3v) is 6.10. The summed E-state index contributed by atoms with van der Waals surface area (Å²) in [6.45, 7) is 1.38. The van der Waals surface area contributed by atoms with Gasteiger partial charge in [-0.25, -0.2) is 8.42 Å². The Kier molecular flexibility index (Phi) is 4.80. The lowest BCUT2D eigenvalue weighted by Crippen LogP contribution is -2.38. The van der Waals surface area contributed by atoms with Gasteiger partial charge >= 0.3 is 0 Å². The third kappa shape index (κ3) is 3.87. The predicted molar refractivity (Wildman–Crippen MR) is 107 cm³/mol. The number of sulfone groups is 1. The molecule has 1 aliphatic heterocycles. The van der Waals surface area contributed by atoms with E-state index in [9.17, 15) is 13.2 Å². The lowest BCUT2D eigenvalue weighted by molar-refractivity contribution is -0.120. The van der Waals surface area contributed by atoms with Gasteiger partial charge in [0.05, 0.1) is 4.90 Å².